The smallest absolute Gasteiger partial charge is 0.331 e. The Morgan fingerprint density at radius 3 is 1.88 bits per heavy atom. The first-order valence-corrected chi connectivity index (χ1v) is 17.5. The van der Waals surface area contributed by atoms with E-state index in [2.05, 4.69) is 13.0 Å². The van der Waals surface area contributed by atoms with E-state index in [-0.39, 0.29) is 41.6 Å². The molecule has 0 radical (unpaired) electrons. The van der Waals surface area contributed by atoms with Crippen LogP contribution in [0.1, 0.15) is 120 Å². The average Bonchev–Trinajstić information content (AvgIpc) is 3.38. The van der Waals surface area contributed by atoms with Gasteiger partial charge in [-0.1, -0.05) is 22.3 Å². The van der Waals surface area contributed by atoms with Crippen LogP contribution in [0.3, 0.4) is 0 Å². The summed E-state index contributed by atoms with van der Waals surface area (Å²) in [6.07, 6.45) is 15.9. The Morgan fingerprint density at radius 1 is 0.792 bits per heavy atom. The summed E-state index contributed by atoms with van der Waals surface area (Å²) < 4.78 is 23.9. The molecule has 4 aliphatic heterocycles. The molecule has 8 heteroatoms. The minimum atomic E-state index is -1.00. The van der Waals surface area contributed by atoms with Gasteiger partial charge >= 0.3 is 11.9 Å². The molecule has 4 atom stereocenters. The molecule has 0 spiro atoms. The molecule has 5 aliphatic rings. The van der Waals surface area contributed by atoms with Crippen molar-refractivity contribution in [1.82, 2.24) is 0 Å². The van der Waals surface area contributed by atoms with Gasteiger partial charge in [0.05, 0.1) is 11.0 Å². The maximum atomic E-state index is 14.2. The minimum Gasteiger partial charge on any atom is -0.483 e. The number of rotatable bonds is 11. The van der Waals surface area contributed by atoms with Gasteiger partial charge in [-0.2, -0.15) is 0 Å². The third-order valence-electron chi connectivity index (χ3n) is 10.4. The molecule has 0 N–H and O–H groups in total. The predicted octanol–water partition coefficient (Wildman–Crippen LogP) is 8.03. The van der Waals surface area contributed by atoms with Gasteiger partial charge in [0.2, 0.25) is 11.6 Å². The first-order valence-electron chi connectivity index (χ1n) is 17.5. The summed E-state index contributed by atoms with van der Waals surface area (Å²) in [5.41, 5.74) is 2.24. The second-order valence-electron chi connectivity index (χ2n) is 15.6. The number of esters is 2. The zero-order valence-electron chi connectivity index (χ0n) is 30.0. The van der Waals surface area contributed by atoms with Gasteiger partial charge < -0.3 is 18.9 Å². The molecule has 4 heterocycles. The van der Waals surface area contributed by atoms with Gasteiger partial charge in [0.25, 0.3) is 0 Å². The SMILES string of the molecule is CC(=C[C@@H]1CC(C)=CC(=O)O1)CCC[C@H]1CC[C@](CCCC(C)=C[C@@H]2CC(C)=CC(=O)O2)(C2=CC(=O)C(C)(C)O2)C2=C1OC(C)(C)C2=O. The molecular formula is C40H52O8. The number of hydrogen-bond donors (Lipinski definition) is 0. The minimum absolute atomic E-state index is 0.0360. The molecule has 0 aromatic heterocycles. The molecular weight excluding hydrogens is 608 g/mol. The van der Waals surface area contributed by atoms with Crippen LogP contribution in [-0.2, 0) is 38.1 Å². The Balaban J connectivity index is 1.36. The van der Waals surface area contributed by atoms with E-state index in [1.165, 1.54) is 11.6 Å². The highest BCUT2D eigenvalue weighted by Crippen LogP contribution is 2.58. The second kappa shape index (κ2) is 13.7. The number of Topliss-reactive ketones (excluding diaryl/α,β-unsaturated/α-hetero) is 1. The number of ketones is 2. The topological polar surface area (TPSA) is 105 Å². The average molecular weight is 661 g/mol. The summed E-state index contributed by atoms with van der Waals surface area (Å²) >= 11 is 0. The molecule has 0 saturated carbocycles. The predicted molar refractivity (Wildman–Crippen MR) is 182 cm³/mol. The molecule has 48 heavy (non-hydrogen) atoms. The summed E-state index contributed by atoms with van der Waals surface area (Å²) in [6.45, 7) is 15.2. The van der Waals surface area contributed by atoms with Crippen LogP contribution < -0.4 is 0 Å². The first-order chi connectivity index (χ1) is 22.5. The highest BCUT2D eigenvalue weighted by molar-refractivity contribution is 6.06. The number of allylic oxidation sites excluding steroid dienone is 4. The summed E-state index contributed by atoms with van der Waals surface area (Å²) in [6, 6.07) is 0. The lowest BCUT2D eigenvalue weighted by molar-refractivity contribution is -0.143. The number of cyclic esters (lactones) is 2. The normalized spacial score (nSPS) is 30.2. The molecule has 0 amide bonds. The van der Waals surface area contributed by atoms with E-state index in [4.69, 9.17) is 18.9 Å². The van der Waals surface area contributed by atoms with Crippen LogP contribution >= 0.6 is 0 Å². The molecule has 8 nitrogen and oxygen atoms in total. The van der Waals surface area contributed by atoms with Crippen molar-refractivity contribution in [1.29, 1.82) is 0 Å². The van der Waals surface area contributed by atoms with Gasteiger partial charge in [-0.3, -0.25) is 9.59 Å². The van der Waals surface area contributed by atoms with Crippen molar-refractivity contribution in [2.75, 3.05) is 0 Å². The Hall–Kier alpha value is -3.68. The van der Waals surface area contributed by atoms with Crippen LogP contribution in [0.15, 0.2) is 69.8 Å². The summed E-state index contributed by atoms with van der Waals surface area (Å²) in [4.78, 5) is 51.1. The molecule has 0 aromatic rings. The van der Waals surface area contributed by atoms with E-state index < -0.39 is 16.6 Å². The lowest BCUT2D eigenvalue weighted by Gasteiger charge is -2.41. The molecule has 260 valence electrons. The molecule has 5 rings (SSSR count). The van der Waals surface area contributed by atoms with E-state index in [0.29, 0.717) is 37.0 Å². The maximum Gasteiger partial charge on any atom is 0.331 e. The van der Waals surface area contributed by atoms with Crippen LogP contribution in [0.2, 0.25) is 0 Å². The molecule has 0 unspecified atom stereocenters. The van der Waals surface area contributed by atoms with Crippen molar-refractivity contribution in [3.63, 3.8) is 0 Å². The molecule has 0 bridgehead atoms. The standard InChI is InChI=1S/C40H52O8/c1-24(17-29-19-26(3)21-33(42)45-29)11-9-13-28-14-16-40(32-23-31(41)38(5,6)47-32,35-36(28)48-39(7,8)37(35)44)15-10-12-25(2)18-30-20-27(4)22-34(43)46-30/h17-18,21-23,28-30H,9-16,19-20H2,1-8H3/t28-,29+,30+,40+/m0/s1. The lowest BCUT2D eigenvalue weighted by atomic mass is 9.63. The molecule has 0 aromatic carbocycles. The van der Waals surface area contributed by atoms with Gasteiger partial charge in [0.15, 0.2) is 11.2 Å². The van der Waals surface area contributed by atoms with Crippen LogP contribution in [0.4, 0.5) is 0 Å². The second-order valence-corrected chi connectivity index (χ2v) is 15.6. The third kappa shape index (κ3) is 7.63. The van der Waals surface area contributed by atoms with Crippen LogP contribution in [0.5, 0.6) is 0 Å². The Kier molecular flexibility index (Phi) is 10.1. The first kappa shape index (κ1) is 35.6. The van der Waals surface area contributed by atoms with Crippen molar-refractivity contribution in [2.24, 2.45) is 11.3 Å². The van der Waals surface area contributed by atoms with E-state index in [9.17, 15) is 19.2 Å². The maximum absolute atomic E-state index is 14.2. The lowest BCUT2D eigenvalue weighted by Crippen LogP contribution is -2.39. The number of carbonyl (C=O) groups is 4. The van der Waals surface area contributed by atoms with Crippen molar-refractivity contribution >= 4 is 23.5 Å². The Morgan fingerprint density at radius 2 is 1.35 bits per heavy atom. The van der Waals surface area contributed by atoms with Crippen molar-refractivity contribution in [3.05, 3.63) is 69.8 Å². The Labute approximate surface area is 285 Å². The largest absolute Gasteiger partial charge is 0.483 e. The molecule has 1 aliphatic carbocycles. The van der Waals surface area contributed by atoms with Crippen LogP contribution in [-0.4, -0.2) is 46.9 Å². The number of ether oxygens (including phenoxy) is 4. The Bertz CT molecular complexity index is 1560. The van der Waals surface area contributed by atoms with Crippen molar-refractivity contribution in [2.45, 2.75) is 143 Å². The van der Waals surface area contributed by atoms with Crippen LogP contribution in [0.25, 0.3) is 0 Å². The van der Waals surface area contributed by atoms with E-state index >= 15 is 0 Å². The zero-order chi connectivity index (χ0) is 35.0. The zero-order valence-corrected chi connectivity index (χ0v) is 30.0. The summed E-state index contributed by atoms with van der Waals surface area (Å²) in [5, 5.41) is 0. The van der Waals surface area contributed by atoms with E-state index in [0.717, 1.165) is 61.0 Å². The van der Waals surface area contributed by atoms with Gasteiger partial charge in [-0.25, -0.2) is 9.59 Å². The quantitative estimate of drug-likeness (QED) is 0.162. The van der Waals surface area contributed by atoms with Gasteiger partial charge in [0, 0.05) is 37.0 Å². The van der Waals surface area contributed by atoms with Gasteiger partial charge in [0.1, 0.15) is 23.7 Å². The fraction of sp³-hybridized carbons (Fsp3) is 0.600. The molecule has 0 fully saturated rings. The summed E-state index contributed by atoms with van der Waals surface area (Å²) in [5.74, 6) is 0.680. The van der Waals surface area contributed by atoms with Gasteiger partial charge in [-0.15, -0.1) is 0 Å². The van der Waals surface area contributed by atoms with E-state index in [1.807, 2.05) is 40.7 Å². The molecule has 0 saturated heterocycles. The third-order valence-corrected chi connectivity index (χ3v) is 10.4. The summed E-state index contributed by atoms with van der Waals surface area (Å²) in [7, 11) is 0. The monoisotopic (exact) mass is 660 g/mol. The highest BCUT2D eigenvalue weighted by atomic mass is 16.5. The fourth-order valence-corrected chi connectivity index (χ4v) is 7.87. The number of hydrogen-bond acceptors (Lipinski definition) is 8. The van der Waals surface area contributed by atoms with Crippen molar-refractivity contribution < 1.29 is 38.1 Å². The fourth-order valence-electron chi connectivity index (χ4n) is 7.87. The number of carbonyl (C=O) groups excluding carboxylic acids is 4. The van der Waals surface area contributed by atoms with Crippen molar-refractivity contribution in [3.8, 4) is 0 Å². The van der Waals surface area contributed by atoms with Crippen LogP contribution in [0, 0.1) is 11.3 Å². The highest BCUT2D eigenvalue weighted by Gasteiger charge is 2.58. The van der Waals surface area contributed by atoms with Gasteiger partial charge in [-0.05, 0) is 119 Å². The van der Waals surface area contributed by atoms with E-state index in [1.54, 1.807) is 26.0 Å².